The molecule has 0 radical (unpaired) electrons. The number of rotatable bonds is 1. The van der Waals surface area contributed by atoms with Crippen LogP contribution in [0.25, 0.3) is 0 Å². The van der Waals surface area contributed by atoms with Crippen molar-refractivity contribution in [2.75, 3.05) is 6.54 Å². The molecule has 2 aliphatic rings. The first-order valence-corrected chi connectivity index (χ1v) is 4.86. The van der Waals surface area contributed by atoms with Crippen molar-refractivity contribution in [2.45, 2.75) is 32.1 Å². The molecular formula is C10H16N2. The van der Waals surface area contributed by atoms with Gasteiger partial charge in [0.15, 0.2) is 0 Å². The minimum Gasteiger partial charge on any atom is -0.400 e. The van der Waals surface area contributed by atoms with Crippen molar-refractivity contribution in [2.24, 2.45) is 16.6 Å². The largest absolute Gasteiger partial charge is 0.400 e. The van der Waals surface area contributed by atoms with E-state index in [1.165, 1.54) is 37.8 Å². The number of allylic oxidation sites excluding steroid dienone is 1. The molecule has 0 atom stereocenters. The highest BCUT2D eigenvalue weighted by Gasteiger charge is 2.19. The van der Waals surface area contributed by atoms with Gasteiger partial charge in [0.25, 0.3) is 0 Å². The van der Waals surface area contributed by atoms with Crippen molar-refractivity contribution < 1.29 is 0 Å². The van der Waals surface area contributed by atoms with Gasteiger partial charge >= 0.3 is 0 Å². The molecule has 0 spiro atoms. The predicted octanol–water partition coefficient (Wildman–Crippen LogP) is 1.86. The molecule has 2 nitrogen and oxygen atoms in total. The van der Waals surface area contributed by atoms with Crippen LogP contribution in [0.2, 0.25) is 0 Å². The maximum absolute atomic E-state index is 5.68. The number of aliphatic imine (C=N–C) groups is 1. The van der Waals surface area contributed by atoms with E-state index in [1.54, 1.807) is 0 Å². The summed E-state index contributed by atoms with van der Waals surface area (Å²) in [6.45, 7) is 0.742. The Labute approximate surface area is 73.6 Å². The van der Waals surface area contributed by atoms with E-state index in [0.717, 1.165) is 18.2 Å². The molecule has 1 heterocycles. The number of nitrogens with two attached hydrogens (primary N) is 1. The van der Waals surface area contributed by atoms with Crippen LogP contribution in [0.15, 0.2) is 16.8 Å². The Balaban J connectivity index is 1.99. The second-order valence-corrected chi connectivity index (χ2v) is 3.80. The van der Waals surface area contributed by atoms with Gasteiger partial charge in [-0.25, -0.2) is 0 Å². The van der Waals surface area contributed by atoms with Gasteiger partial charge in [-0.2, -0.15) is 0 Å². The molecule has 0 bridgehead atoms. The summed E-state index contributed by atoms with van der Waals surface area (Å²) in [5.41, 5.74) is 7.89. The SMILES string of the molecule is NC1=CC(C2CCCCC2)=NC1. The van der Waals surface area contributed by atoms with Crippen molar-refractivity contribution >= 4 is 5.71 Å². The monoisotopic (exact) mass is 164 g/mol. The van der Waals surface area contributed by atoms with Gasteiger partial charge in [0.1, 0.15) is 0 Å². The van der Waals surface area contributed by atoms with Crippen LogP contribution in [0, 0.1) is 5.92 Å². The Morgan fingerprint density at radius 2 is 2.00 bits per heavy atom. The van der Waals surface area contributed by atoms with Crippen molar-refractivity contribution in [1.82, 2.24) is 0 Å². The Morgan fingerprint density at radius 1 is 1.25 bits per heavy atom. The molecule has 12 heavy (non-hydrogen) atoms. The molecule has 1 aliphatic heterocycles. The second-order valence-electron chi connectivity index (χ2n) is 3.80. The van der Waals surface area contributed by atoms with Gasteiger partial charge in [0, 0.05) is 17.3 Å². The zero-order valence-corrected chi connectivity index (χ0v) is 7.42. The molecular weight excluding hydrogens is 148 g/mol. The van der Waals surface area contributed by atoms with E-state index < -0.39 is 0 Å². The second kappa shape index (κ2) is 3.30. The van der Waals surface area contributed by atoms with Crippen LogP contribution in [-0.2, 0) is 0 Å². The Hall–Kier alpha value is -0.790. The average molecular weight is 164 g/mol. The van der Waals surface area contributed by atoms with E-state index in [0.29, 0.717) is 0 Å². The van der Waals surface area contributed by atoms with Crippen LogP contribution >= 0.6 is 0 Å². The third-order valence-electron chi connectivity index (χ3n) is 2.80. The van der Waals surface area contributed by atoms with E-state index in [4.69, 9.17) is 5.73 Å². The van der Waals surface area contributed by atoms with Gasteiger partial charge in [0.05, 0.1) is 6.54 Å². The van der Waals surface area contributed by atoms with E-state index in [2.05, 4.69) is 11.1 Å². The highest BCUT2D eigenvalue weighted by molar-refractivity contribution is 5.99. The molecule has 0 saturated heterocycles. The molecule has 0 aromatic rings. The predicted molar refractivity (Wildman–Crippen MR) is 51.1 cm³/mol. The topological polar surface area (TPSA) is 38.4 Å². The minimum absolute atomic E-state index is 0.722. The molecule has 0 aromatic carbocycles. The number of hydrogen-bond donors (Lipinski definition) is 1. The normalized spacial score (nSPS) is 25.3. The summed E-state index contributed by atoms with van der Waals surface area (Å²) < 4.78 is 0. The average Bonchev–Trinajstić information content (AvgIpc) is 2.54. The van der Waals surface area contributed by atoms with Crippen LogP contribution in [0.5, 0.6) is 0 Å². The highest BCUT2D eigenvalue weighted by Crippen LogP contribution is 2.26. The summed E-state index contributed by atoms with van der Waals surface area (Å²) in [5.74, 6) is 0.722. The smallest absolute Gasteiger partial charge is 0.0788 e. The molecule has 0 amide bonds. The molecule has 0 unspecified atom stereocenters. The molecule has 2 heteroatoms. The standard InChI is InChI=1S/C10H16N2/c11-9-6-10(12-7-9)8-4-2-1-3-5-8/h6,8H,1-5,7,11H2. The lowest BCUT2D eigenvalue weighted by atomic mass is 9.86. The summed E-state index contributed by atoms with van der Waals surface area (Å²) in [5, 5.41) is 0. The summed E-state index contributed by atoms with van der Waals surface area (Å²) >= 11 is 0. The first kappa shape index (κ1) is 7.84. The fourth-order valence-electron chi connectivity index (χ4n) is 2.11. The zero-order valence-electron chi connectivity index (χ0n) is 7.42. The molecule has 2 rings (SSSR count). The van der Waals surface area contributed by atoms with Crippen LogP contribution in [0.4, 0.5) is 0 Å². The van der Waals surface area contributed by atoms with Gasteiger partial charge in [-0.1, -0.05) is 19.3 Å². The first-order chi connectivity index (χ1) is 5.86. The van der Waals surface area contributed by atoms with Gasteiger partial charge in [0.2, 0.25) is 0 Å². The van der Waals surface area contributed by atoms with Crippen molar-refractivity contribution in [1.29, 1.82) is 0 Å². The minimum atomic E-state index is 0.722. The van der Waals surface area contributed by atoms with Crippen LogP contribution in [-0.4, -0.2) is 12.3 Å². The Bertz CT molecular complexity index is 222. The van der Waals surface area contributed by atoms with Crippen LogP contribution in [0.3, 0.4) is 0 Å². The first-order valence-electron chi connectivity index (χ1n) is 4.86. The fourth-order valence-corrected chi connectivity index (χ4v) is 2.11. The quantitative estimate of drug-likeness (QED) is 0.631. The van der Waals surface area contributed by atoms with Gasteiger partial charge in [-0.15, -0.1) is 0 Å². The fraction of sp³-hybridized carbons (Fsp3) is 0.700. The third-order valence-corrected chi connectivity index (χ3v) is 2.80. The lowest BCUT2D eigenvalue weighted by molar-refractivity contribution is 0.440. The maximum Gasteiger partial charge on any atom is 0.0788 e. The highest BCUT2D eigenvalue weighted by atomic mass is 14.8. The Kier molecular flexibility index (Phi) is 2.15. The van der Waals surface area contributed by atoms with E-state index in [1.807, 2.05) is 0 Å². The van der Waals surface area contributed by atoms with Gasteiger partial charge in [-0.05, 0) is 18.9 Å². The summed E-state index contributed by atoms with van der Waals surface area (Å²) in [7, 11) is 0. The lowest BCUT2D eigenvalue weighted by Gasteiger charge is -2.20. The lowest BCUT2D eigenvalue weighted by Crippen LogP contribution is -2.14. The summed E-state index contributed by atoms with van der Waals surface area (Å²) in [4.78, 5) is 4.44. The third kappa shape index (κ3) is 1.52. The molecule has 1 fully saturated rings. The molecule has 66 valence electrons. The molecule has 1 aliphatic carbocycles. The van der Waals surface area contributed by atoms with Crippen LogP contribution in [0.1, 0.15) is 32.1 Å². The van der Waals surface area contributed by atoms with Crippen molar-refractivity contribution in [3.05, 3.63) is 11.8 Å². The number of hydrogen-bond acceptors (Lipinski definition) is 2. The molecule has 0 aromatic heterocycles. The van der Waals surface area contributed by atoms with E-state index in [-0.39, 0.29) is 0 Å². The Morgan fingerprint density at radius 3 is 2.58 bits per heavy atom. The van der Waals surface area contributed by atoms with Crippen LogP contribution < -0.4 is 5.73 Å². The van der Waals surface area contributed by atoms with Gasteiger partial charge in [-0.3, -0.25) is 4.99 Å². The molecule has 2 N–H and O–H groups in total. The zero-order chi connectivity index (χ0) is 8.39. The summed E-state index contributed by atoms with van der Waals surface area (Å²) in [6.07, 6.45) is 8.87. The van der Waals surface area contributed by atoms with E-state index >= 15 is 0 Å². The van der Waals surface area contributed by atoms with Crippen molar-refractivity contribution in [3.8, 4) is 0 Å². The van der Waals surface area contributed by atoms with E-state index in [9.17, 15) is 0 Å². The van der Waals surface area contributed by atoms with Crippen molar-refractivity contribution in [3.63, 3.8) is 0 Å². The number of nitrogens with zero attached hydrogens (tertiary/aromatic N) is 1. The van der Waals surface area contributed by atoms with Gasteiger partial charge < -0.3 is 5.73 Å². The molecule has 1 saturated carbocycles. The summed E-state index contributed by atoms with van der Waals surface area (Å²) in [6, 6.07) is 0. The maximum atomic E-state index is 5.68.